The highest BCUT2D eigenvalue weighted by atomic mass is 35.5. The Bertz CT molecular complexity index is 397. The molecule has 1 aromatic carbocycles. The molecular weight excluding hydrogens is 208 g/mol. The Balaban J connectivity index is 2.04. The van der Waals surface area contributed by atoms with Crippen molar-refractivity contribution in [3.05, 3.63) is 28.8 Å². The number of halogens is 1. The van der Waals surface area contributed by atoms with Gasteiger partial charge in [-0.3, -0.25) is 0 Å². The highest BCUT2D eigenvalue weighted by Crippen LogP contribution is 2.41. The van der Waals surface area contributed by atoms with Crippen molar-refractivity contribution in [3.63, 3.8) is 0 Å². The second kappa shape index (κ2) is 3.13. The van der Waals surface area contributed by atoms with Crippen LogP contribution in [0, 0.1) is 0 Å². The Kier molecular flexibility index (Phi) is 1.98. The maximum Gasteiger partial charge on any atom is 0.0576 e. The van der Waals surface area contributed by atoms with E-state index in [9.17, 15) is 0 Å². The fourth-order valence-electron chi connectivity index (χ4n) is 2.90. The van der Waals surface area contributed by atoms with Crippen LogP contribution in [0.1, 0.15) is 12.0 Å². The molecule has 1 aromatic rings. The van der Waals surface area contributed by atoms with Crippen LogP contribution in [-0.2, 0) is 6.42 Å². The minimum absolute atomic E-state index is 0.313. The SMILES string of the molecule is CN1c2cc(Cl)ccc2CC12CCNC2. The Morgan fingerprint density at radius 1 is 1.47 bits per heavy atom. The molecule has 0 aliphatic carbocycles. The van der Waals surface area contributed by atoms with E-state index in [4.69, 9.17) is 11.6 Å². The number of hydrogen-bond donors (Lipinski definition) is 1. The molecular formula is C12H15ClN2. The van der Waals surface area contributed by atoms with Crippen LogP contribution < -0.4 is 10.2 Å². The zero-order valence-corrected chi connectivity index (χ0v) is 9.64. The topological polar surface area (TPSA) is 15.3 Å². The average Bonchev–Trinajstić information content (AvgIpc) is 2.78. The second-order valence-electron chi connectivity index (χ2n) is 4.66. The predicted molar refractivity (Wildman–Crippen MR) is 63.8 cm³/mol. The van der Waals surface area contributed by atoms with Gasteiger partial charge in [0.15, 0.2) is 0 Å². The van der Waals surface area contributed by atoms with E-state index in [2.05, 4.69) is 29.4 Å². The van der Waals surface area contributed by atoms with Crippen LogP contribution in [-0.4, -0.2) is 25.7 Å². The van der Waals surface area contributed by atoms with E-state index in [1.165, 1.54) is 17.7 Å². The van der Waals surface area contributed by atoms with E-state index < -0.39 is 0 Å². The summed E-state index contributed by atoms with van der Waals surface area (Å²) in [6.45, 7) is 2.22. The molecule has 3 rings (SSSR count). The van der Waals surface area contributed by atoms with Crippen LogP contribution in [0.2, 0.25) is 5.02 Å². The van der Waals surface area contributed by atoms with E-state index in [1.54, 1.807) is 0 Å². The molecule has 2 nitrogen and oxygen atoms in total. The van der Waals surface area contributed by atoms with E-state index in [-0.39, 0.29) is 0 Å². The molecule has 0 aromatic heterocycles. The minimum Gasteiger partial charge on any atom is -0.367 e. The predicted octanol–water partition coefficient (Wildman–Crippen LogP) is 2.06. The van der Waals surface area contributed by atoms with Gasteiger partial charge in [-0.25, -0.2) is 0 Å². The number of nitrogens with one attached hydrogen (secondary N) is 1. The number of hydrogen-bond acceptors (Lipinski definition) is 2. The van der Waals surface area contributed by atoms with Gasteiger partial charge < -0.3 is 10.2 Å². The van der Waals surface area contributed by atoms with Crippen LogP contribution >= 0.6 is 11.6 Å². The lowest BCUT2D eigenvalue weighted by molar-refractivity contribution is 0.465. The highest BCUT2D eigenvalue weighted by Gasteiger charge is 2.43. The molecule has 15 heavy (non-hydrogen) atoms. The number of anilines is 1. The Morgan fingerprint density at radius 2 is 2.33 bits per heavy atom. The van der Waals surface area contributed by atoms with Crippen molar-refractivity contribution in [1.29, 1.82) is 0 Å². The van der Waals surface area contributed by atoms with Crippen molar-refractivity contribution in [2.45, 2.75) is 18.4 Å². The van der Waals surface area contributed by atoms with Crippen LogP contribution in [0.5, 0.6) is 0 Å². The molecule has 1 unspecified atom stereocenters. The van der Waals surface area contributed by atoms with Crippen LogP contribution in [0.4, 0.5) is 5.69 Å². The summed E-state index contributed by atoms with van der Waals surface area (Å²) in [6, 6.07) is 6.25. The average molecular weight is 223 g/mol. The maximum absolute atomic E-state index is 6.04. The fourth-order valence-corrected chi connectivity index (χ4v) is 3.06. The van der Waals surface area contributed by atoms with Gasteiger partial charge in [0.2, 0.25) is 0 Å². The van der Waals surface area contributed by atoms with Gasteiger partial charge in [0.25, 0.3) is 0 Å². The second-order valence-corrected chi connectivity index (χ2v) is 5.10. The minimum atomic E-state index is 0.313. The number of fused-ring (bicyclic) bond motifs is 1. The zero-order valence-electron chi connectivity index (χ0n) is 8.89. The van der Waals surface area contributed by atoms with Crippen LogP contribution in [0.25, 0.3) is 0 Å². The fraction of sp³-hybridized carbons (Fsp3) is 0.500. The third-order valence-corrected chi connectivity index (χ3v) is 4.10. The molecule has 1 spiro atoms. The number of nitrogens with zero attached hydrogens (tertiary/aromatic N) is 1. The molecule has 2 aliphatic heterocycles. The van der Waals surface area contributed by atoms with Crippen molar-refractivity contribution < 1.29 is 0 Å². The molecule has 3 heteroatoms. The molecule has 1 N–H and O–H groups in total. The maximum atomic E-state index is 6.04. The van der Waals surface area contributed by atoms with Gasteiger partial charge in [-0.05, 0) is 37.1 Å². The molecule has 2 aliphatic rings. The van der Waals surface area contributed by atoms with Gasteiger partial charge >= 0.3 is 0 Å². The molecule has 0 bridgehead atoms. The summed E-state index contributed by atoms with van der Waals surface area (Å²) >= 11 is 6.04. The zero-order chi connectivity index (χ0) is 10.5. The lowest BCUT2D eigenvalue weighted by atomic mass is 9.94. The van der Waals surface area contributed by atoms with Gasteiger partial charge in [-0.2, -0.15) is 0 Å². The van der Waals surface area contributed by atoms with E-state index in [0.29, 0.717) is 5.54 Å². The van der Waals surface area contributed by atoms with Gasteiger partial charge in [-0.1, -0.05) is 17.7 Å². The number of likely N-dealkylation sites (N-methyl/N-ethyl adjacent to an activating group) is 1. The summed E-state index contributed by atoms with van der Waals surface area (Å²) in [5, 5.41) is 4.30. The summed E-state index contributed by atoms with van der Waals surface area (Å²) in [7, 11) is 2.19. The molecule has 0 amide bonds. The largest absolute Gasteiger partial charge is 0.367 e. The standard InChI is InChI=1S/C12H15ClN2/c1-15-11-6-10(13)3-2-9(11)7-12(15)4-5-14-8-12/h2-3,6,14H,4-5,7-8H2,1H3. The quantitative estimate of drug-likeness (QED) is 0.723. The lowest BCUT2D eigenvalue weighted by Gasteiger charge is -2.33. The molecule has 0 radical (unpaired) electrons. The normalized spacial score (nSPS) is 28.8. The first kappa shape index (κ1) is 9.49. The van der Waals surface area contributed by atoms with E-state index >= 15 is 0 Å². The number of benzene rings is 1. The summed E-state index contributed by atoms with van der Waals surface area (Å²) < 4.78 is 0. The third kappa shape index (κ3) is 1.28. The van der Waals surface area contributed by atoms with Crippen molar-refractivity contribution >= 4 is 17.3 Å². The molecule has 1 saturated heterocycles. The van der Waals surface area contributed by atoms with Crippen LogP contribution in [0.15, 0.2) is 18.2 Å². The first-order valence-electron chi connectivity index (χ1n) is 5.44. The summed E-state index contributed by atoms with van der Waals surface area (Å²) in [4.78, 5) is 2.41. The highest BCUT2D eigenvalue weighted by molar-refractivity contribution is 6.30. The molecule has 80 valence electrons. The van der Waals surface area contributed by atoms with Crippen molar-refractivity contribution in [3.8, 4) is 0 Å². The Morgan fingerprint density at radius 3 is 3.07 bits per heavy atom. The lowest BCUT2D eigenvalue weighted by Crippen LogP contribution is -2.46. The summed E-state index contributed by atoms with van der Waals surface area (Å²) in [5.41, 5.74) is 3.06. The first-order valence-corrected chi connectivity index (χ1v) is 5.82. The summed E-state index contributed by atoms with van der Waals surface area (Å²) in [6.07, 6.45) is 2.39. The van der Waals surface area contributed by atoms with Gasteiger partial charge in [-0.15, -0.1) is 0 Å². The summed E-state index contributed by atoms with van der Waals surface area (Å²) in [5.74, 6) is 0. The monoisotopic (exact) mass is 222 g/mol. The van der Waals surface area contributed by atoms with E-state index in [1.807, 2.05) is 6.07 Å². The first-order chi connectivity index (χ1) is 7.21. The third-order valence-electron chi connectivity index (χ3n) is 3.86. The van der Waals surface area contributed by atoms with Crippen LogP contribution in [0.3, 0.4) is 0 Å². The molecule has 0 saturated carbocycles. The Labute approximate surface area is 95.2 Å². The van der Waals surface area contributed by atoms with E-state index in [0.717, 1.165) is 24.5 Å². The van der Waals surface area contributed by atoms with Crippen molar-refractivity contribution in [1.82, 2.24) is 5.32 Å². The number of rotatable bonds is 0. The molecule has 1 fully saturated rings. The van der Waals surface area contributed by atoms with Crippen molar-refractivity contribution in [2.75, 3.05) is 25.0 Å². The molecule has 2 heterocycles. The van der Waals surface area contributed by atoms with Gasteiger partial charge in [0.05, 0.1) is 5.54 Å². The molecule has 1 atom stereocenters. The van der Waals surface area contributed by atoms with Gasteiger partial charge in [0.1, 0.15) is 0 Å². The van der Waals surface area contributed by atoms with Crippen molar-refractivity contribution in [2.24, 2.45) is 0 Å². The smallest absolute Gasteiger partial charge is 0.0576 e. The Hall–Kier alpha value is -0.730. The van der Waals surface area contributed by atoms with Gasteiger partial charge in [0, 0.05) is 24.3 Å².